The molecule has 0 aliphatic carbocycles. The molecular formula is C22H16ClFN2OSe. The van der Waals surface area contributed by atoms with E-state index in [4.69, 9.17) is 16.3 Å². The molecule has 0 spiro atoms. The minimum atomic E-state index is -0.447. The zero-order chi connectivity index (χ0) is 19.5. The summed E-state index contributed by atoms with van der Waals surface area (Å²) < 4.78 is 23.1. The van der Waals surface area contributed by atoms with Gasteiger partial charge in [-0.2, -0.15) is 0 Å². The van der Waals surface area contributed by atoms with E-state index >= 15 is 0 Å². The van der Waals surface area contributed by atoms with Crippen LogP contribution in [-0.2, 0) is 0 Å². The second kappa shape index (κ2) is 8.19. The molecule has 1 heterocycles. The van der Waals surface area contributed by atoms with Crippen molar-refractivity contribution in [1.29, 1.82) is 0 Å². The standard InChI is InChI=1S/C22H16ClFN2OSe/c1-27-17-10-7-15(8-11-17)22-21(28-18-5-3-2-4-6-18)14-25-26(22)16-9-12-20(24)19(23)13-16/h2-14H,1H3. The number of hydrogen-bond acceptors (Lipinski definition) is 2. The Kier molecular flexibility index (Phi) is 5.49. The zero-order valence-corrected chi connectivity index (χ0v) is 17.4. The molecule has 4 rings (SSSR count). The van der Waals surface area contributed by atoms with Gasteiger partial charge in [0.1, 0.15) is 0 Å². The van der Waals surface area contributed by atoms with E-state index in [1.54, 1.807) is 19.2 Å². The first-order valence-electron chi connectivity index (χ1n) is 8.56. The molecule has 0 fully saturated rings. The van der Waals surface area contributed by atoms with Crippen molar-refractivity contribution in [2.75, 3.05) is 7.11 Å². The molecule has 3 nitrogen and oxygen atoms in total. The molecule has 0 saturated heterocycles. The Balaban J connectivity index is 1.84. The van der Waals surface area contributed by atoms with Crippen LogP contribution in [0, 0.1) is 5.82 Å². The molecule has 0 N–H and O–H groups in total. The van der Waals surface area contributed by atoms with Crippen molar-refractivity contribution < 1.29 is 9.13 Å². The van der Waals surface area contributed by atoms with Crippen molar-refractivity contribution in [3.63, 3.8) is 0 Å². The van der Waals surface area contributed by atoms with Crippen LogP contribution in [0.3, 0.4) is 0 Å². The van der Waals surface area contributed by atoms with Gasteiger partial charge in [0.15, 0.2) is 0 Å². The van der Waals surface area contributed by atoms with E-state index < -0.39 is 5.82 Å². The van der Waals surface area contributed by atoms with Crippen molar-refractivity contribution in [3.8, 4) is 22.7 Å². The number of halogens is 2. The molecule has 4 aromatic rings. The molecule has 140 valence electrons. The maximum absolute atomic E-state index is 13.6. The quantitative estimate of drug-likeness (QED) is 0.424. The topological polar surface area (TPSA) is 27.1 Å². The third kappa shape index (κ3) is 3.83. The van der Waals surface area contributed by atoms with Gasteiger partial charge in [-0.25, -0.2) is 0 Å². The van der Waals surface area contributed by atoms with E-state index in [2.05, 4.69) is 17.2 Å². The third-order valence-electron chi connectivity index (χ3n) is 4.22. The second-order valence-electron chi connectivity index (χ2n) is 6.01. The Bertz CT molecular complexity index is 1100. The van der Waals surface area contributed by atoms with E-state index in [0.717, 1.165) is 21.5 Å². The first kappa shape index (κ1) is 18.8. The van der Waals surface area contributed by atoms with Crippen molar-refractivity contribution in [3.05, 3.63) is 89.8 Å². The predicted octanol–water partition coefficient (Wildman–Crippen LogP) is 4.00. The van der Waals surface area contributed by atoms with Crippen molar-refractivity contribution in [1.82, 2.24) is 9.78 Å². The Hall–Kier alpha value is -2.59. The van der Waals surface area contributed by atoms with Crippen LogP contribution in [0.15, 0.2) is 79.0 Å². The van der Waals surface area contributed by atoms with Crippen LogP contribution in [0.25, 0.3) is 16.9 Å². The molecule has 28 heavy (non-hydrogen) atoms. The molecule has 1 aromatic heterocycles. The SMILES string of the molecule is COc1ccc(-c2c([Se]c3ccccc3)cnn2-c2ccc(F)c(Cl)c2)cc1. The first-order chi connectivity index (χ1) is 13.7. The van der Waals surface area contributed by atoms with E-state index in [1.165, 1.54) is 10.5 Å². The van der Waals surface area contributed by atoms with Gasteiger partial charge in [-0.15, -0.1) is 0 Å². The summed E-state index contributed by atoms with van der Waals surface area (Å²) in [6.07, 6.45) is 1.88. The fraction of sp³-hybridized carbons (Fsp3) is 0.0455. The summed E-state index contributed by atoms with van der Waals surface area (Å²) in [5.74, 6) is 0.340. The van der Waals surface area contributed by atoms with E-state index in [0.29, 0.717) is 5.69 Å². The van der Waals surface area contributed by atoms with Gasteiger partial charge in [0.2, 0.25) is 0 Å². The number of ether oxygens (including phenoxy) is 1. The molecule has 0 unspecified atom stereocenters. The Morgan fingerprint density at radius 2 is 1.75 bits per heavy atom. The number of rotatable bonds is 5. The summed E-state index contributed by atoms with van der Waals surface area (Å²) in [4.78, 5) is 0. The summed E-state index contributed by atoms with van der Waals surface area (Å²) in [7, 11) is 1.64. The number of hydrogen-bond donors (Lipinski definition) is 0. The summed E-state index contributed by atoms with van der Waals surface area (Å²) >= 11 is 6.08. The Labute approximate surface area is 173 Å². The monoisotopic (exact) mass is 458 g/mol. The van der Waals surface area contributed by atoms with Crippen LogP contribution in [-0.4, -0.2) is 31.8 Å². The Morgan fingerprint density at radius 1 is 1.00 bits per heavy atom. The summed E-state index contributed by atoms with van der Waals surface area (Å²) in [5, 5.41) is 4.67. The molecule has 0 saturated carbocycles. The molecule has 0 radical (unpaired) electrons. The average Bonchev–Trinajstić information content (AvgIpc) is 3.14. The molecule has 6 heteroatoms. The van der Waals surface area contributed by atoms with E-state index in [9.17, 15) is 4.39 Å². The van der Waals surface area contributed by atoms with E-state index in [1.807, 2.05) is 53.3 Å². The number of methoxy groups -OCH3 is 1. The molecule has 0 bridgehead atoms. The van der Waals surface area contributed by atoms with Gasteiger partial charge in [-0.3, -0.25) is 0 Å². The summed E-state index contributed by atoms with van der Waals surface area (Å²) in [6.45, 7) is 0. The van der Waals surface area contributed by atoms with Crippen molar-refractivity contribution >= 4 is 35.5 Å². The summed E-state index contributed by atoms with van der Waals surface area (Å²) in [6, 6.07) is 22.8. The van der Waals surface area contributed by atoms with Gasteiger partial charge in [0.05, 0.1) is 0 Å². The van der Waals surface area contributed by atoms with Crippen molar-refractivity contribution in [2.24, 2.45) is 0 Å². The van der Waals surface area contributed by atoms with E-state index in [-0.39, 0.29) is 20.0 Å². The third-order valence-corrected chi connectivity index (χ3v) is 6.66. The van der Waals surface area contributed by atoms with Gasteiger partial charge in [0.25, 0.3) is 0 Å². The zero-order valence-electron chi connectivity index (χ0n) is 15.0. The fourth-order valence-electron chi connectivity index (χ4n) is 2.85. The Morgan fingerprint density at radius 3 is 2.43 bits per heavy atom. The van der Waals surface area contributed by atoms with Crippen LogP contribution in [0.1, 0.15) is 0 Å². The normalized spacial score (nSPS) is 10.8. The summed E-state index contributed by atoms with van der Waals surface area (Å²) in [5.41, 5.74) is 2.69. The maximum atomic E-state index is 13.6. The molecular weight excluding hydrogens is 442 g/mol. The minimum absolute atomic E-state index is 0.0681. The van der Waals surface area contributed by atoms with Gasteiger partial charge >= 0.3 is 174 Å². The van der Waals surface area contributed by atoms with Crippen LogP contribution in [0.2, 0.25) is 5.02 Å². The molecule has 0 atom stereocenters. The van der Waals surface area contributed by atoms with Gasteiger partial charge in [0, 0.05) is 0 Å². The molecule has 3 aromatic carbocycles. The molecule has 0 amide bonds. The molecule has 0 aliphatic heterocycles. The van der Waals surface area contributed by atoms with Crippen LogP contribution < -0.4 is 13.7 Å². The second-order valence-corrected chi connectivity index (χ2v) is 8.76. The fourth-order valence-corrected chi connectivity index (χ4v) is 5.01. The van der Waals surface area contributed by atoms with Gasteiger partial charge in [-0.05, 0) is 0 Å². The number of nitrogens with zero attached hydrogens (tertiary/aromatic N) is 2. The average molecular weight is 458 g/mol. The van der Waals surface area contributed by atoms with Crippen LogP contribution in [0.5, 0.6) is 5.75 Å². The van der Waals surface area contributed by atoms with Crippen LogP contribution in [0.4, 0.5) is 4.39 Å². The van der Waals surface area contributed by atoms with Crippen molar-refractivity contribution in [2.45, 2.75) is 0 Å². The number of aromatic nitrogens is 2. The first-order valence-corrected chi connectivity index (χ1v) is 10.7. The van der Waals surface area contributed by atoms with Crippen LogP contribution >= 0.6 is 11.6 Å². The predicted molar refractivity (Wildman–Crippen MR) is 112 cm³/mol. The van der Waals surface area contributed by atoms with Gasteiger partial charge in [-0.1, -0.05) is 0 Å². The number of benzene rings is 3. The van der Waals surface area contributed by atoms with Gasteiger partial charge < -0.3 is 0 Å². The molecule has 0 aliphatic rings.